The fraction of sp³-hybridized carbons (Fsp3) is 0.938. The summed E-state index contributed by atoms with van der Waals surface area (Å²) in [4.78, 5) is 8.91. The third-order valence-corrected chi connectivity index (χ3v) is 8.04. The van der Waals surface area contributed by atoms with Gasteiger partial charge in [0.2, 0.25) is 0 Å². The highest BCUT2D eigenvalue weighted by Crippen LogP contribution is 2.24. The SMILES string of the molecule is CN=C(NCC1CN2CCCC2CO1)N1CCS(=O)(=O)C(C)(C)C1. The number of fused-ring (bicyclic) bond motifs is 1. The number of aliphatic imine (C=N–C) groups is 1. The maximum atomic E-state index is 12.2. The lowest BCUT2D eigenvalue weighted by atomic mass is 10.2. The Labute approximate surface area is 145 Å². The van der Waals surface area contributed by atoms with Gasteiger partial charge in [-0.25, -0.2) is 8.42 Å². The molecule has 24 heavy (non-hydrogen) atoms. The highest BCUT2D eigenvalue weighted by Gasteiger charge is 2.41. The number of ether oxygens (including phenoxy) is 1. The van der Waals surface area contributed by atoms with Gasteiger partial charge in [0.05, 0.1) is 23.2 Å². The summed E-state index contributed by atoms with van der Waals surface area (Å²) < 4.78 is 29.5. The van der Waals surface area contributed by atoms with Gasteiger partial charge in [0.15, 0.2) is 15.8 Å². The average Bonchev–Trinajstić information content (AvgIpc) is 2.99. The molecule has 0 saturated carbocycles. The first-order valence-electron chi connectivity index (χ1n) is 8.86. The fourth-order valence-electron chi connectivity index (χ4n) is 3.87. The standard InChI is InChI=1S/C16H30N4O3S/c1-16(2)12-20(7-8-24(16,21)22)15(17-3)18-9-14-10-19-6-4-5-13(19)11-23-14/h13-14H,4-12H2,1-3H3,(H,17,18). The number of sulfone groups is 1. The summed E-state index contributed by atoms with van der Waals surface area (Å²) in [7, 11) is -1.29. The molecule has 2 atom stereocenters. The van der Waals surface area contributed by atoms with Crippen LogP contribution >= 0.6 is 0 Å². The van der Waals surface area contributed by atoms with E-state index in [1.807, 2.05) is 4.90 Å². The Bertz CT molecular complexity index is 590. The van der Waals surface area contributed by atoms with E-state index in [1.54, 1.807) is 20.9 Å². The molecule has 0 aromatic rings. The third kappa shape index (κ3) is 3.55. The van der Waals surface area contributed by atoms with Crippen molar-refractivity contribution in [2.45, 2.75) is 43.6 Å². The highest BCUT2D eigenvalue weighted by atomic mass is 32.2. The lowest BCUT2D eigenvalue weighted by molar-refractivity contribution is -0.0454. The topological polar surface area (TPSA) is 74.2 Å². The van der Waals surface area contributed by atoms with Gasteiger partial charge in [-0.2, -0.15) is 0 Å². The quantitative estimate of drug-likeness (QED) is 0.550. The van der Waals surface area contributed by atoms with Gasteiger partial charge in [-0.05, 0) is 33.2 Å². The summed E-state index contributed by atoms with van der Waals surface area (Å²) in [5.41, 5.74) is 0. The number of hydrogen-bond acceptors (Lipinski definition) is 5. The molecule has 8 heteroatoms. The lowest BCUT2D eigenvalue weighted by Crippen LogP contribution is -2.58. The summed E-state index contributed by atoms with van der Waals surface area (Å²) in [5.74, 6) is 0.945. The first-order chi connectivity index (χ1) is 11.3. The smallest absolute Gasteiger partial charge is 0.193 e. The van der Waals surface area contributed by atoms with Gasteiger partial charge < -0.3 is 15.0 Å². The van der Waals surface area contributed by atoms with Crippen LogP contribution in [0.15, 0.2) is 4.99 Å². The molecule has 3 aliphatic rings. The molecule has 0 spiro atoms. The highest BCUT2D eigenvalue weighted by molar-refractivity contribution is 7.92. The van der Waals surface area contributed by atoms with Crippen LogP contribution in [-0.4, -0.2) is 93.2 Å². The Kier molecular flexibility index (Phi) is 5.09. The van der Waals surface area contributed by atoms with Crippen LogP contribution in [0.5, 0.6) is 0 Å². The van der Waals surface area contributed by atoms with E-state index in [0.717, 1.165) is 19.1 Å². The number of hydrogen-bond donors (Lipinski definition) is 1. The Balaban J connectivity index is 1.54. The Morgan fingerprint density at radius 1 is 1.38 bits per heavy atom. The minimum atomic E-state index is -3.04. The zero-order valence-electron chi connectivity index (χ0n) is 15.0. The van der Waals surface area contributed by atoms with Gasteiger partial charge in [-0.1, -0.05) is 0 Å². The van der Waals surface area contributed by atoms with Crippen LogP contribution < -0.4 is 5.32 Å². The Morgan fingerprint density at radius 2 is 2.17 bits per heavy atom. The van der Waals surface area contributed by atoms with E-state index in [1.165, 1.54) is 19.4 Å². The first-order valence-corrected chi connectivity index (χ1v) is 10.5. The molecule has 7 nitrogen and oxygen atoms in total. The van der Waals surface area contributed by atoms with Crippen LogP contribution in [-0.2, 0) is 14.6 Å². The van der Waals surface area contributed by atoms with E-state index >= 15 is 0 Å². The van der Waals surface area contributed by atoms with Crippen LogP contribution in [0.1, 0.15) is 26.7 Å². The molecule has 0 radical (unpaired) electrons. The van der Waals surface area contributed by atoms with E-state index in [9.17, 15) is 8.42 Å². The average molecular weight is 359 g/mol. The van der Waals surface area contributed by atoms with Crippen molar-refractivity contribution in [3.63, 3.8) is 0 Å². The van der Waals surface area contributed by atoms with Gasteiger partial charge in [0, 0.05) is 39.3 Å². The molecule has 3 aliphatic heterocycles. The number of nitrogens with one attached hydrogen (secondary N) is 1. The predicted molar refractivity (Wildman–Crippen MR) is 95.1 cm³/mol. The van der Waals surface area contributed by atoms with Gasteiger partial charge >= 0.3 is 0 Å². The normalized spacial score (nSPS) is 33.3. The minimum Gasteiger partial charge on any atom is -0.373 e. The molecule has 138 valence electrons. The van der Waals surface area contributed by atoms with Crippen molar-refractivity contribution in [3.8, 4) is 0 Å². The van der Waals surface area contributed by atoms with Crippen molar-refractivity contribution >= 4 is 15.8 Å². The molecule has 3 fully saturated rings. The second-order valence-electron chi connectivity index (χ2n) is 7.67. The molecule has 3 rings (SSSR count). The van der Waals surface area contributed by atoms with Gasteiger partial charge in [0.1, 0.15) is 0 Å². The Morgan fingerprint density at radius 3 is 2.88 bits per heavy atom. The second kappa shape index (κ2) is 6.80. The maximum absolute atomic E-state index is 12.2. The van der Waals surface area contributed by atoms with E-state index < -0.39 is 14.6 Å². The largest absolute Gasteiger partial charge is 0.373 e. The van der Waals surface area contributed by atoms with Crippen LogP contribution in [0.2, 0.25) is 0 Å². The van der Waals surface area contributed by atoms with Crippen molar-refractivity contribution in [2.75, 3.05) is 52.1 Å². The molecular formula is C16H30N4O3S. The molecule has 0 aliphatic carbocycles. The molecule has 0 amide bonds. The first kappa shape index (κ1) is 17.9. The molecule has 1 N–H and O–H groups in total. The van der Waals surface area contributed by atoms with E-state index in [4.69, 9.17) is 4.74 Å². The lowest BCUT2D eigenvalue weighted by Gasteiger charge is -2.40. The zero-order valence-corrected chi connectivity index (χ0v) is 15.8. The van der Waals surface area contributed by atoms with Crippen LogP contribution in [0, 0.1) is 0 Å². The van der Waals surface area contributed by atoms with Gasteiger partial charge in [-0.3, -0.25) is 9.89 Å². The number of nitrogens with zero attached hydrogens (tertiary/aromatic N) is 3. The van der Waals surface area contributed by atoms with Crippen molar-refractivity contribution in [2.24, 2.45) is 4.99 Å². The van der Waals surface area contributed by atoms with Crippen molar-refractivity contribution in [1.29, 1.82) is 0 Å². The van der Waals surface area contributed by atoms with E-state index in [-0.39, 0.29) is 11.9 Å². The molecule has 0 aromatic carbocycles. The van der Waals surface area contributed by atoms with E-state index in [0.29, 0.717) is 25.7 Å². The number of rotatable bonds is 2. The molecule has 0 aromatic heterocycles. The predicted octanol–water partition coefficient (Wildman–Crippen LogP) is -0.0660. The zero-order chi connectivity index (χ0) is 17.4. The van der Waals surface area contributed by atoms with Gasteiger partial charge in [-0.15, -0.1) is 0 Å². The molecule has 0 bridgehead atoms. The van der Waals surface area contributed by atoms with Crippen LogP contribution in [0.3, 0.4) is 0 Å². The summed E-state index contributed by atoms with van der Waals surface area (Å²) in [6.07, 6.45) is 2.68. The third-order valence-electron chi connectivity index (χ3n) is 5.50. The second-order valence-corrected chi connectivity index (χ2v) is 10.4. The molecule has 3 saturated heterocycles. The van der Waals surface area contributed by atoms with Crippen LogP contribution in [0.4, 0.5) is 0 Å². The summed E-state index contributed by atoms with van der Waals surface area (Å²) in [5, 5.41) is 3.38. The van der Waals surface area contributed by atoms with E-state index in [2.05, 4.69) is 15.2 Å². The van der Waals surface area contributed by atoms with Crippen molar-refractivity contribution in [3.05, 3.63) is 0 Å². The molecule has 3 heterocycles. The summed E-state index contributed by atoms with van der Waals surface area (Å²) in [6, 6.07) is 0.605. The van der Waals surface area contributed by atoms with Gasteiger partial charge in [0.25, 0.3) is 0 Å². The fourth-order valence-corrected chi connectivity index (χ4v) is 5.24. The number of morpholine rings is 1. The van der Waals surface area contributed by atoms with Crippen molar-refractivity contribution in [1.82, 2.24) is 15.1 Å². The van der Waals surface area contributed by atoms with Crippen LogP contribution in [0.25, 0.3) is 0 Å². The minimum absolute atomic E-state index is 0.164. The summed E-state index contributed by atoms with van der Waals surface area (Å²) in [6.45, 7) is 8.21. The number of guanidine groups is 1. The summed E-state index contributed by atoms with van der Waals surface area (Å²) >= 11 is 0. The van der Waals surface area contributed by atoms with Crippen molar-refractivity contribution < 1.29 is 13.2 Å². The maximum Gasteiger partial charge on any atom is 0.193 e. The molecular weight excluding hydrogens is 328 g/mol. The molecule has 2 unspecified atom stereocenters. The Hall–Kier alpha value is -0.860. The monoisotopic (exact) mass is 358 g/mol.